The minimum atomic E-state index is -4.56. The second-order valence-corrected chi connectivity index (χ2v) is 8.36. The summed E-state index contributed by atoms with van der Waals surface area (Å²) in [5.74, 6) is 0.230. The van der Waals surface area contributed by atoms with E-state index in [0.29, 0.717) is 19.0 Å². The van der Waals surface area contributed by atoms with E-state index in [9.17, 15) is 22.8 Å². The number of alkyl halides is 3. The van der Waals surface area contributed by atoms with Crippen molar-refractivity contribution in [3.63, 3.8) is 0 Å². The van der Waals surface area contributed by atoms with Gasteiger partial charge in [0.05, 0.1) is 5.56 Å². The molecule has 4 atom stereocenters. The van der Waals surface area contributed by atoms with Gasteiger partial charge >= 0.3 is 6.18 Å². The van der Waals surface area contributed by atoms with Gasteiger partial charge in [-0.1, -0.05) is 6.92 Å². The Bertz CT molecular complexity index is 796. The van der Waals surface area contributed by atoms with Gasteiger partial charge in [0.2, 0.25) is 5.91 Å². The largest absolute Gasteiger partial charge is 0.416 e. The number of nitrogens with two attached hydrogens (primary N) is 1. The molecule has 1 saturated carbocycles. The van der Waals surface area contributed by atoms with Crippen LogP contribution in [0, 0.1) is 11.8 Å². The SMILES string of the molecule is C[C@@H]1C[C@@H]1C(=O)N1C2CCCC1CN(C(=O)c1cc(N)cc(C(F)(F)F)c1)C2. The van der Waals surface area contributed by atoms with Crippen LogP contribution < -0.4 is 5.73 Å². The molecule has 2 saturated heterocycles. The van der Waals surface area contributed by atoms with Gasteiger partial charge in [0.1, 0.15) is 0 Å². The molecular weight excluding hydrogens is 371 g/mol. The molecule has 152 valence electrons. The molecule has 5 nitrogen and oxygen atoms in total. The molecule has 0 spiro atoms. The summed E-state index contributed by atoms with van der Waals surface area (Å²) in [6.45, 7) is 2.78. The van der Waals surface area contributed by atoms with E-state index in [0.717, 1.165) is 37.8 Å². The molecular formula is C20H24F3N3O2. The summed E-state index contributed by atoms with van der Waals surface area (Å²) >= 11 is 0. The highest BCUT2D eigenvalue weighted by Crippen LogP contribution is 2.42. The number of piperidine rings is 1. The zero-order valence-corrected chi connectivity index (χ0v) is 15.7. The van der Waals surface area contributed by atoms with Crippen molar-refractivity contribution in [2.24, 2.45) is 11.8 Å². The van der Waals surface area contributed by atoms with Crippen LogP contribution in [0.25, 0.3) is 0 Å². The van der Waals surface area contributed by atoms with Gasteiger partial charge in [0, 0.05) is 42.3 Å². The number of fused-ring (bicyclic) bond motifs is 2. The molecule has 4 rings (SSSR count). The third kappa shape index (κ3) is 3.44. The fourth-order valence-electron chi connectivity index (χ4n) is 4.61. The van der Waals surface area contributed by atoms with Gasteiger partial charge in [-0.15, -0.1) is 0 Å². The van der Waals surface area contributed by atoms with Crippen molar-refractivity contribution < 1.29 is 22.8 Å². The first-order valence-corrected chi connectivity index (χ1v) is 9.74. The lowest BCUT2D eigenvalue weighted by Gasteiger charge is -2.50. The molecule has 2 heterocycles. The lowest BCUT2D eigenvalue weighted by Crippen LogP contribution is -2.63. The van der Waals surface area contributed by atoms with Crippen molar-refractivity contribution in [2.75, 3.05) is 18.8 Å². The average Bonchev–Trinajstić information content (AvgIpc) is 3.34. The normalized spacial score (nSPS) is 29.6. The predicted octanol–water partition coefficient (Wildman–Crippen LogP) is 3.15. The Balaban J connectivity index is 1.54. The van der Waals surface area contributed by atoms with Gasteiger partial charge in [-0.2, -0.15) is 13.2 Å². The number of likely N-dealkylation sites (tertiary alicyclic amines) is 1. The quantitative estimate of drug-likeness (QED) is 0.783. The van der Waals surface area contributed by atoms with E-state index >= 15 is 0 Å². The fraction of sp³-hybridized carbons (Fsp3) is 0.600. The Morgan fingerprint density at radius 1 is 1.11 bits per heavy atom. The molecule has 3 aliphatic rings. The summed E-state index contributed by atoms with van der Waals surface area (Å²) in [6, 6.07) is 2.87. The van der Waals surface area contributed by atoms with Crippen LogP contribution in [0.1, 0.15) is 48.5 Å². The highest BCUT2D eigenvalue weighted by Gasteiger charge is 2.48. The Hall–Kier alpha value is -2.25. The van der Waals surface area contributed by atoms with Gasteiger partial charge in [-0.25, -0.2) is 0 Å². The third-order valence-electron chi connectivity index (χ3n) is 6.22. The number of carbonyl (C=O) groups is 2. The number of nitrogen functional groups attached to an aromatic ring is 1. The van der Waals surface area contributed by atoms with Crippen LogP contribution >= 0.6 is 0 Å². The Morgan fingerprint density at radius 3 is 2.25 bits per heavy atom. The highest BCUT2D eigenvalue weighted by molar-refractivity contribution is 5.95. The second kappa shape index (κ2) is 6.67. The lowest BCUT2D eigenvalue weighted by molar-refractivity contribution is -0.144. The number of piperazine rings is 1. The Morgan fingerprint density at radius 2 is 1.71 bits per heavy atom. The summed E-state index contributed by atoms with van der Waals surface area (Å²) < 4.78 is 39.2. The molecule has 2 N–H and O–H groups in total. The molecule has 1 aromatic carbocycles. The van der Waals surface area contributed by atoms with Crippen molar-refractivity contribution in [3.8, 4) is 0 Å². The Labute approximate surface area is 161 Å². The first-order valence-electron chi connectivity index (χ1n) is 9.74. The summed E-state index contributed by atoms with van der Waals surface area (Å²) in [7, 11) is 0. The number of benzene rings is 1. The van der Waals surface area contributed by atoms with Crippen LogP contribution in [0.15, 0.2) is 18.2 Å². The molecule has 0 radical (unpaired) electrons. The maximum absolute atomic E-state index is 13.1. The molecule has 2 aliphatic heterocycles. The van der Waals surface area contributed by atoms with Crippen LogP contribution in [-0.2, 0) is 11.0 Å². The van der Waals surface area contributed by atoms with Gasteiger partial charge < -0.3 is 15.5 Å². The average molecular weight is 395 g/mol. The zero-order chi connectivity index (χ0) is 20.2. The number of amides is 2. The second-order valence-electron chi connectivity index (χ2n) is 8.36. The minimum Gasteiger partial charge on any atom is -0.399 e. The van der Waals surface area contributed by atoms with Gasteiger partial charge in [0.15, 0.2) is 0 Å². The molecule has 3 fully saturated rings. The predicted molar refractivity (Wildman–Crippen MR) is 97.3 cm³/mol. The fourth-order valence-corrected chi connectivity index (χ4v) is 4.61. The highest BCUT2D eigenvalue weighted by atomic mass is 19.4. The molecule has 2 bridgehead atoms. The van der Waals surface area contributed by atoms with E-state index in [1.54, 1.807) is 4.90 Å². The van der Waals surface area contributed by atoms with E-state index in [-0.39, 0.29) is 35.2 Å². The Kier molecular flexibility index (Phi) is 4.55. The minimum absolute atomic E-state index is 0.0546. The van der Waals surface area contributed by atoms with Crippen molar-refractivity contribution in [3.05, 3.63) is 29.3 Å². The summed E-state index contributed by atoms with van der Waals surface area (Å²) in [6.07, 6.45) is -1.01. The smallest absolute Gasteiger partial charge is 0.399 e. The van der Waals surface area contributed by atoms with E-state index < -0.39 is 17.6 Å². The van der Waals surface area contributed by atoms with E-state index in [1.165, 1.54) is 6.07 Å². The number of rotatable bonds is 2. The van der Waals surface area contributed by atoms with Gasteiger partial charge in [-0.3, -0.25) is 9.59 Å². The van der Waals surface area contributed by atoms with Crippen LogP contribution in [-0.4, -0.2) is 46.8 Å². The standard InChI is InChI=1S/C20H24F3N3O2/c1-11-5-17(11)19(28)26-15-3-2-4-16(26)10-25(9-15)18(27)12-6-13(20(21,22)23)8-14(24)7-12/h6-8,11,15-17H,2-5,9-10,24H2,1H3/t11-,15?,16?,17+/m1/s1. The number of hydrogen-bond donors (Lipinski definition) is 1. The van der Waals surface area contributed by atoms with E-state index in [2.05, 4.69) is 6.92 Å². The summed E-state index contributed by atoms with van der Waals surface area (Å²) in [4.78, 5) is 29.3. The summed E-state index contributed by atoms with van der Waals surface area (Å²) in [5.41, 5.74) is 4.54. The monoisotopic (exact) mass is 395 g/mol. The molecule has 0 aromatic heterocycles. The first kappa shape index (κ1) is 19.1. The van der Waals surface area contributed by atoms with Crippen LogP contribution in [0.4, 0.5) is 18.9 Å². The molecule has 2 unspecified atom stereocenters. The number of nitrogens with zero attached hydrogens (tertiary/aromatic N) is 2. The number of anilines is 1. The van der Waals surface area contributed by atoms with E-state index in [1.807, 2.05) is 4.90 Å². The number of hydrogen-bond acceptors (Lipinski definition) is 3. The number of carbonyl (C=O) groups excluding carboxylic acids is 2. The van der Waals surface area contributed by atoms with Crippen LogP contribution in [0.2, 0.25) is 0 Å². The van der Waals surface area contributed by atoms with Crippen LogP contribution in [0.5, 0.6) is 0 Å². The van der Waals surface area contributed by atoms with Gasteiger partial charge in [-0.05, 0) is 49.8 Å². The molecule has 1 aromatic rings. The molecule has 1 aliphatic carbocycles. The maximum Gasteiger partial charge on any atom is 0.416 e. The van der Waals surface area contributed by atoms with Crippen molar-refractivity contribution in [1.29, 1.82) is 0 Å². The van der Waals surface area contributed by atoms with Crippen molar-refractivity contribution in [2.45, 2.75) is 50.9 Å². The van der Waals surface area contributed by atoms with E-state index in [4.69, 9.17) is 5.73 Å². The topological polar surface area (TPSA) is 66.6 Å². The van der Waals surface area contributed by atoms with Crippen molar-refractivity contribution >= 4 is 17.5 Å². The van der Waals surface area contributed by atoms with Gasteiger partial charge in [0.25, 0.3) is 5.91 Å². The number of halogens is 3. The molecule has 2 amide bonds. The third-order valence-corrected chi connectivity index (χ3v) is 6.22. The first-order chi connectivity index (χ1) is 13.1. The molecule has 28 heavy (non-hydrogen) atoms. The van der Waals surface area contributed by atoms with Crippen molar-refractivity contribution in [1.82, 2.24) is 9.80 Å². The summed E-state index contributed by atoms with van der Waals surface area (Å²) in [5, 5.41) is 0. The lowest BCUT2D eigenvalue weighted by atomic mass is 9.90. The maximum atomic E-state index is 13.1. The zero-order valence-electron chi connectivity index (χ0n) is 15.7. The van der Waals surface area contributed by atoms with Crippen LogP contribution in [0.3, 0.4) is 0 Å². The molecule has 8 heteroatoms.